The summed E-state index contributed by atoms with van der Waals surface area (Å²) in [5.74, 6) is 0.0877. The monoisotopic (exact) mass is 199 g/mol. The van der Waals surface area contributed by atoms with Crippen LogP contribution in [0.25, 0.3) is 0 Å². The van der Waals surface area contributed by atoms with Crippen LogP contribution >= 0.6 is 0 Å². The van der Waals surface area contributed by atoms with Crippen LogP contribution in [0.5, 0.6) is 0 Å². The highest BCUT2D eigenvalue weighted by Crippen LogP contribution is 2.35. The molecule has 4 heteroatoms. The van der Waals surface area contributed by atoms with Gasteiger partial charge >= 0.3 is 0 Å². The van der Waals surface area contributed by atoms with Crippen LogP contribution in [0.2, 0.25) is 0 Å². The zero-order valence-electron chi connectivity index (χ0n) is 9.18. The van der Waals surface area contributed by atoms with Crippen molar-refractivity contribution in [3.8, 4) is 0 Å². The number of rotatable bonds is 3. The molecular weight excluding hydrogens is 178 g/mol. The minimum atomic E-state index is -0.303. The molecule has 0 aromatic heterocycles. The molecule has 0 radical (unpaired) electrons. The molecule has 1 aliphatic carbocycles. The summed E-state index contributed by atoms with van der Waals surface area (Å²) in [5.41, 5.74) is 8.25. The number of carbonyl (C=O) groups excluding carboxylic acids is 1. The van der Waals surface area contributed by atoms with Crippen molar-refractivity contribution >= 4 is 5.91 Å². The summed E-state index contributed by atoms with van der Waals surface area (Å²) < 4.78 is 0. The first-order chi connectivity index (χ1) is 6.60. The van der Waals surface area contributed by atoms with Crippen LogP contribution in [-0.4, -0.2) is 31.6 Å². The first kappa shape index (κ1) is 11.5. The van der Waals surface area contributed by atoms with Crippen LogP contribution in [-0.2, 0) is 4.79 Å². The fourth-order valence-electron chi connectivity index (χ4n) is 2.07. The number of amides is 1. The Kier molecular flexibility index (Phi) is 3.89. The molecule has 0 heterocycles. The molecule has 0 unspecified atom stereocenters. The lowest BCUT2D eigenvalue weighted by Crippen LogP contribution is -2.50. The third-order valence-corrected chi connectivity index (χ3v) is 3.01. The molecule has 1 aliphatic rings. The highest BCUT2D eigenvalue weighted by atomic mass is 16.2. The Balaban J connectivity index is 2.62. The van der Waals surface area contributed by atoms with E-state index >= 15 is 0 Å². The van der Waals surface area contributed by atoms with Gasteiger partial charge in [-0.1, -0.05) is 19.3 Å². The Bertz CT molecular complexity index is 198. The normalized spacial score (nSPS) is 20.9. The lowest BCUT2D eigenvalue weighted by molar-refractivity contribution is -0.136. The van der Waals surface area contributed by atoms with Crippen molar-refractivity contribution in [2.75, 3.05) is 20.6 Å². The van der Waals surface area contributed by atoms with E-state index in [1.807, 2.05) is 14.1 Å². The molecule has 0 aromatic rings. The van der Waals surface area contributed by atoms with Crippen molar-refractivity contribution in [2.24, 2.45) is 11.1 Å². The van der Waals surface area contributed by atoms with Crippen LogP contribution in [0.15, 0.2) is 0 Å². The van der Waals surface area contributed by atoms with E-state index in [9.17, 15) is 4.79 Å². The van der Waals surface area contributed by atoms with Crippen LogP contribution in [0.3, 0.4) is 0 Å². The van der Waals surface area contributed by atoms with E-state index in [1.165, 1.54) is 6.42 Å². The van der Waals surface area contributed by atoms with Gasteiger partial charge in [-0.15, -0.1) is 0 Å². The van der Waals surface area contributed by atoms with E-state index in [1.54, 1.807) is 5.01 Å². The van der Waals surface area contributed by atoms with Crippen LogP contribution in [0.1, 0.15) is 32.1 Å². The van der Waals surface area contributed by atoms with Gasteiger partial charge in [0.2, 0.25) is 5.91 Å². The maximum absolute atomic E-state index is 11.9. The van der Waals surface area contributed by atoms with Crippen LogP contribution in [0.4, 0.5) is 0 Å². The molecule has 0 bridgehead atoms. The molecule has 1 rings (SSSR count). The Morgan fingerprint density at radius 1 is 1.36 bits per heavy atom. The smallest absolute Gasteiger partial charge is 0.241 e. The number of hydrogen-bond acceptors (Lipinski definition) is 3. The molecule has 3 N–H and O–H groups in total. The first-order valence-corrected chi connectivity index (χ1v) is 5.29. The average molecular weight is 199 g/mol. The van der Waals surface area contributed by atoms with Gasteiger partial charge in [0.25, 0.3) is 0 Å². The summed E-state index contributed by atoms with van der Waals surface area (Å²) >= 11 is 0. The van der Waals surface area contributed by atoms with Gasteiger partial charge in [0.15, 0.2) is 0 Å². The molecule has 0 atom stereocenters. The first-order valence-electron chi connectivity index (χ1n) is 5.29. The lowest BCUT2D eigenvalue weighted by Gasteiger charge is -2.35. The van der Waals surface area contributed by atoms with E-state index < -0.39 is 0 Å². The summed E-state index contributed by atoms with van der Waals surface area (Å²) in [6.07, 6.45) is 5.35. The van der Waals surface area contributed by atoms with Gasteiger partial charge in [-0.05, 0) is 12.8 Å². The topological polar surface area (TPSA) is 58.4 Å². The zero-order chi connectivity index (χ0) is 10.6. The van der Waals surface area contributed by atoms with Gasteiger partial charge in [-0.3, -0.25) is 10.2 Å². The maximum atomic E-state index is 11.9. The molecule has 0 spiro atoms. The number of hydrazine groups is 1. The molecule has 82 valence electrons. The van der Waals surface area contributed by atoms with Gasteiger partial charge in [0.05, 0.1) is 5.41 Å². The number of carbonyl (C=O) groups is 1. The van der Waals surface area contributed by atoms with Crippen molar-refractivity contribution in [3.63, 3.8) is 0 Å². The summed E-state index contributed by atoms with van der Waals surface area (Å²) in [6, 6.07) is 0. The second-order valence-corrected chi connectivity index (χ2v) is 4.38. The summed E-state index contributed by atoms with van der Waals surface area (Å²) in [7, 11) is 3.65. The zero-order valence-corrected chi connectivity index (χ0v) is 9.18. The Morgan fingerprint density at radius 3 is 2.36 bits per heavy atom. The molecule has 1 saturated carbocycles. The van der Waals surface area contributed by atoms with E-state index in [0.717, 1.165) is 25.7 Å². The SMILES string of the molecule is CN(C)NC(=O)C1(CN)CCCCC1. The van der Waals surface area contributed by atoms with Crippen molar-refractivity contribution in [3.05, 3.63) is 0 Å². The average Bonchev–Trinajstić information content (AvgIpc) is 2.18. The van der Waals surface area contributed by atoms with Crippen molar-refractivity contribution in [1.29, 1.82) is 0 Å². The quantitative estimate of drug-likeness (QED) is 0.650. The molecule has 1 fully saturated rings. The minimum absolute atomic E-state index is 0.0877. The third kappa shape index (κ3) is 2.45. The number of nitrogens with one attached hydrogen (secondary N) is 1. The molecule has 1 amide bonds. The molecule has 4 nitrogen and oxygen atoms in total. The molecular formula is C10H21N3O. The predicted octanol–water partition coefficient (Wildman–Crippen LogP) is 0.488. The minimum Gasteiger partial charge on any atom is -0.329 e. The Morgan fingerprint density at radius 2 is 1.93 bits per heavy atom. The molecule has 0 aliphatic heterocycles. The van der Waals surface area contributed by atoms with Crippen molar-refractivity contribution < 1.29 is 4.79 Å². The summed E-state index contributed by atoms with van der Waals surface area (Å²) in [4.78, 5) is 11.9. The largest absolute Gasteiger partial charge is 0.329 e. The van der Waals surface area contributed by atoms with E-state index in [2.05, 4.69) is 5.43 Å². The fourth-order valence-corrected chi connectivity index (χ4v) is 2.07. The van der Waals surface area contributed by atoms with E-state index in [4.69, 9.17) is 5.73 Å². The maximum Gasteiger partial charge on any atom is 0.241 e. The lowest BCUT2D eigenvalue weighted by atomic mass is 9.73. The fraction of sp³-hybridized carbons (Fsp3) is 0.900. The highest BCUT2D eigenvalue weighted by Gasteiger charge is 2.38. The van der Waals surface area contributed by atoms with Crippen LogP contribution < -0.4 is 11.2 Å². The third-order valence-electron chi connectivity index (χ3n) is 3.01. The van der Waals surface area contributed by atoms with Gasteiger partial charge in [0.1, 0.15) is 0 Å². The Hall–Kier alpha value is -0.610. The highest BCUT2D eigenvalue weighted by molar-refractivity contribution is 5.82. The summed E-state index contributed by atoms with van der Waals surface area (Å²) in [5, 5.41) is 1.69. The second-order valence-electron chi connectivity index (χ2n) is 4.38. The van der Waals surface area contributed by atoms with Gasteiger partial charge in [0, 0.05) is 20.6 Å². The van der Waals surface area contributed by atoms with E-state index in [-0.39, 0.29) is 11.3 Å². The molecule has 0 aromatic carbocycles. The van der Waals surface area contributed by atoms with Crippen molar-refractivity contribution in [1.82, 2.24) is 10.4 Å². The molecule has 14 heavy (non-hydrogen) atoms. The second kappa shape index (κ2) is 4.75. The Labute approximate surface area is 85.8 Å². The van der Waals surface area contributed by atoms with E-state index in [0.29, 0.717) is 6.54 Å². The van der Waals surface area contributed by atoms with Gasteiger partial charge in [-0.2, -0.15) is 0 Å². The number of nitrogens with two attached hydrogens (primary N) is 1. The van der Waals surface area contributed by atoms with Crippen LogP contribution in [0, 0.1) is 5.41 Å². The predicted molar refractivity (Wildman–Crippen MR) is 56.4 cm³/mol. The van der Waals surface area contributed by atoms with Gasteiger partial charge in [-0.25, -0.2) is 5.01 Å². The number of nitrogens with zero attached hydrogens (tertiary/aromatic N) is 1. The number of hydrogen-bond donors (Lipinski definition) is 2. The standard InChI is InChI=1S/C10H21N3O/c1-13(2)12-9(14)10(8-11)6-4-3-5-7-10/h3-8,11H2,1-2H3,(H,12,14). The molecule has 0 saturated heterocycles. The van der Waals surface area contributed by atoms with Gasteiger partial charge < -0.3 is 5.73 Å². The van der Waals surface area contributed by atoms with Crippen molar-refractivity contribution in [2.45, 2.75) is 32.1 Å². The summed E-state index contributed by atoms with van der Waals surface area (Å²) in [6.45, 7) is 0.465.